The number of ketones is 1. The lowest BCUT2D eigenvalue weighted by Crippen LogP contribution is -2.36. The van der Waals surface area contributed by atoms with Gasteiger partial charge < -0.3 is 35.2 Å². The van der Waals surface area contributed by atoms with Gasteiger partial charge in [-0.2, -0.15) is 13.6 Å². The maximum Gasteiger partial charge on any atom is 0.490 e. The number of Topliss-reactive ketones (excluding diaryl/α,β-unsaturated/α-hetero) is 1. The largest absolute Gasteiger partial charge is 0.490 e. The third-order valence-corrected chi connectivity index (χ3v) is 7.59. The molecule has 0 aromatic carbocycles. The van der Waals surface area contributed by atoms with Crippen molar-refractivity contribution in [1.29, 1.82) is 0 Å². The third kappa shape index (κ3) is 7.08. The fraction of sp³-hybridized carbons (Fsp3) is 0.545. The van der Waals surface area contributed by atoms with E-state index in [4.69, 9.17) is 25.2 Å². The van der Waals surface area contributed by atoms with Crippen LogP contribution >= 0.6 is 23.5 Å². The molecule has 176 valence electrons. The number of carbonyl (C=O) groups is 1. The van der Waals surface area contributed by atoms with E-state index >= 15 is 0 Å². The lowest BCUT2D eigenvalue weighted by atomic mass is 9.94. The summed E-state index contributed by atoms with van der Waals surface area (Å²) in [6.07, 6.45) is -3.42. The van der Waals surface area contributed by atoms with Crippen molar-refractivity contribution in [2.24, 2.45) is 5.92 Å². The monoisotopic (exact) mass is 509 g/mol. The van der Waals surface area contributed by atoms with E-state index in [1.54, 1.807) is 0 Å². The zero-order valence-electron chi connectivity index (χ0n) is 15.4. The normalized spacial score (nSPS) is 28.1. The molecule has 6 atom stereocenters. The molecule has 20 heteroatoms. The number of hydrogen-bond acceptors (Lipinski definition) is 12. The molecule has 7 N–H and O–H groups in total. The summed E-state index contributed by atoms with van der Waals surface area (Å²) in [6, 6.07) is 1.21. The molecule has 2 rings (SSSR count). The molecule has 31 heavy (non-hydrogen) atoms. The SMILES string of the molecule is CC(=O)C1C(COP(=O)(O)OP(=O)(O)OP(=O)(O)O)OC(n2ccc(N)nc2=O)C1O. The third-order valence-electron chi connectivity index (χ3n) is 3.79. The summed E-state index contributed by atoms with van der Waals surface area (Å²) in [5.41, 5.74) is 4.44. The van der Waals surface area contributed by atoms with Gasteiger partial charge in [-0.15, -0.1) is 0 Å². The average molecular weight is 509 g/mol. The fourth-order valence-corrected chi connectivity index (χ4v) is 5.74. The minimum Gasteiger partial charge on any atom is -0.388 e. The van der Waals surface area contributed by atoms with E-state index in [9.17, 15) is 33.3 Å². The topological polar surface area (TPSA) is 267 Å². The molecule has 0 radical (unpaired) electrons. The Morgan fingerprint density at radius 3 is 2.35 bits per heavy atom. The average Bonchev–Trinajstić information content (AvgIpc) is 2.86. The van der Waals surface area contributed by atoms with Crippen molar-refractivity contribution in [3.05, 3.63) is 22.7 Å². The molecular weight excluding hydrogens is 491 g/mol. The quantitative estimate of drug-likeness (QED) is 0.210. The summed E-state index contributed by atoms with van der Waals surface area (Å²) in [5.74, 6) is -2.16. The highest BCUT2D eigenvalue weighted by Gasteiger charge is 2.49. The molecule has 0 bridgehead atoms. The van der Waals surface area contributed by atoms with Crippen molar-refractivity contribution in [3.8, 4) is 0 Å². The Morgan fingerprint density at radius 1 is 1.23 bits per heavy atom. The van der Waals surface area contributed by atoms with Crippen molar-refractivity contribution in [2.75, 3.05) is 12.3 Å². The Labute approximate surface area is 172 Å². The number of nitrogen functional groups attached to an aromatic ring is 1. The van der Waals surface area contributed by atoms with Gasteiger partial charge in [0.05, 0.1) is 18.6 Å². The van der Waals surface area contributed by atoms with Gasteiger partial charge in [0.15, 0.2) is 6.23 Å². The van der Waals surface area contributed by atoms with Crippen molar-refractivity contribution in [1.82, 2.24) is 9.55 Å². The molecule has 6 unspecified atom stereocenters. The first-order valence-corrected chi connectivity index (χ1v) is 12.5. The van der Waals surface area contributed by atoms with E-state index in [0.29, 0.717) is 0 Å². The summed E-state index contributed by atoms with van der Waals surface area (Å²) >= 11 is 0. The van der Waals surface area contributed by atoms with E-state index in [2.05, 4.69) is 18.1 Å². The van der Waals surface area contributed by atoms with Gasteiger partial charge in [-0.3, -0.25) is 13.9 Å². The van der Waals surface area contributed by atoms with Gasteiger partial charge in [0.2, 0.25) is 0 Å². The van der Waals surface area contributed by atoms with Crippen LogP contribution in [0.2, 0.25) is 0 Å². The first-order chi connectivity index (χ1) is 14.0. The number of anilines is 1. The summed E-state index contributed by atoms with van der Waals surface area (Å²) in [6.45, 7) is 0.0696. The highest BCUT2D eigenvalue weighted by atomic mass is 31.3. The first kappa shape index (κ1) is 25.9. The molecule has 0 amide bonds. The summed E-state index contributed by atoms with van der Waals surface area (Å²) < 4.78 is 51.5. The predicted octanol–water partition coefficient (Wildman–Crippen LogP) is -1.37. The van der Waals surface area contributed by atoms with Gasteiger partial charge in [0, 0.05) is 6.20 Å². The predicted molar refractivity (Wildman–Crippen MR) is 96.8 cm³/mol. The standard InChI is InChI=1S/C11H18N3O14P3/c1-5(15)8-6(4-25-30(21,22)28-31(23,24)27-29(18,19)20)26-10(9(8)16)14-3-2-7(12)13-11(14)17/h2-3,6,8-10,16H,4H2,1H3,(H,21,22)(H,23,24)(H2,12,13,17)(H2,18,19,20). The number of rotatable bonds is 9. The molecule has 0 spiro atoms. The number of phosphoric acid groups is 3. The molecule has 1 aliphatic rings. The molecular formula is C11H18N3O14P3. The number of aliphatic hydroxyl groups is 1. The van der Waals surface area contributed by atoms with Gasteiger partial charge >= 0.3 is 29.2 Å². The van der Waals surface area contributed by atoms with Crippen LogP contribution in [0, 0.1) is 5.92 Å². The van der Waals surface area contributed by atoms with E-state index in [-0.39, 0.29) is 5.82 Å². The zero-order chi connectivity index (χ0) is 23.8. The van der Waals surface area contributed by atoms with Gasteiger partial charge in [-0.1, -0.05) is 0 Å². The second-order valence-corrected chi connectivity index (χ2v) is 10.5. The molecule has 1 aromatic heterocycles. The van der Waals surface area contributed by atoms with E-state index in [1.807, 2.05) is 0 Å². The number of aliphatic hydroxyl groups excluding tert-OH is 1. The molecule has 1 saturated heterocycles. The Morgan fingerprint density at radius 2 is 1.84 bits per heavy atom. The summed E-state index contributed by atoms with van der Waals surface area (Å²) in [4.78, 5) is 63.0. The smallest absolute Gasteiger partial charge is 0.388 e. The van der Waals surface area contributed by atoms with Crippen LogP contribution in [0.15, 0.2) is 17.1 Å². The number of hydrogen-bond donors (Lipinski definition) is 6. The number of ether oxygens (including phenoxy) is 1. The molecule has 0 aliphatic carbocycles. The summed E-state index contributed by atoms with van der Waals surface area (Å²) in [7, 11) is -16.8. The first-order valence-electron chi connectivity index (χ1n) is 7.98. The van der Waals surface area contributed by atoms with Crippen molar-refractivity contribution in [2.45, 2.75) is 25.4 Å². The van der Waals surface area contributed by atoms with Crippen LogP contribution in [0.5, 0.6) is 0 Å². The maximum atomic E-state index is 12.0. The van der Waals surface area contributed by atoms with Crippen LogP contribution < -0.4 is 11.4 Å². The van der Waals surface area contributed by atoms with Gasteiger partial charge in [-0.25, -0.2) is 18.5 Å². The molecule has 1 fully saturated rings. The Kier molecular flexibility index (Phi) is 7.76. The minimum absolute atomic E-state index is 0.124. The fourth-order valence-electron chi connectivity index (χ4n) is 2.71. The van der Waals surface area contributed by atoms with Crippen LogP contribution in [0.4, 0.5) is 5.82 Å². The van der Waals surface area contributed by atoms with Crippen molar-refractivity contribution < 1.29 is 61.1 Å². The van der Waals surface area contributed by atoms with Gasteiger partial charge in [0.1, 0.15) is 17.7 Å². The Balaban J connectivity index is 2.16. The van der Waals surface area contributed by atoms with Gasteiger partial charge in [-0.05, 0) is 13.0 Å². The number of nitrogens with zero attached hydrogens (tertiary/aromatic N) is 2. The zero-order valence-corrected chi connectivity index (χ0v) is 18.1. The lowest BCUT2D eigenvalue weighted by Gasteiger charge is -2.20. The number of phosphoric ester groups is 1. The van der Waals surface area contributed by atoms with E-state index in [1.165, 1.54) is 6.07 Å². The maximum absolute atomic E-state index is 12.0. The lowest BCUT2D eigenvalue weighted by molar-refractivity contribution is -0.125. The molecule has 17 nitrogen and oxygen atoms in total. The number of carbonyl (C=O) groups excluding carboxylic acids is 1. The molecule has 0 saturated carbocycles. The van der Waals surface area contributed by atoms with Crippen molar-refractivity contribution >= 4 is 35.1 Å². The number of nitrogens with two attached hydrogens (primary N) is 1. The van der Waals surface area contributed by atoms with Crippen LogP contribution in [0.3, 0.4) is 0 Å². The molecule has 1 aromatic rings. The minimum atomic E-state index is -5.74. The summed E-state index contributed by atoms with van der Waals surface area (Å²) in [5, 5.41) is 10.4. The van der Waals surface area contributed by atoms with E-state index < -0.39 is 65.9 Å². The second-order valence-electron chi connectivity index (χ2n) is 6.12. The number of aromatic nitrogens is 2. The van der Waals surface area contributed by atoms with Crippen LogP contribution in [-0.2, 0) is 36.4 Å². The highest BCUT2D eigenvalue weighted by Crippen LogP contribution is 2.66. The Bertz CT molecular complexity index is 1040. The van der Waals surface area contributed by atoms with Crippen LogP contribution in [0.25, 0.3) is 0 Å². The molecule has 2 heterocycles. The highest BCUT2D eigenvalue weighted by molar-refractivity contribution is 7.66. The van der Waals surface area contributed by atoms with Crippen LogP contribution in [0.1, 0.15) is 13.2 Å². The van der Waals surface area contributed by atoms with Gasteiger partial charge in [0.25, 0.3) is 0 Å². The van der Waals surface area contributed by atoms with Crippen LogP contribution in [-0.4, -0.2) is 58.8 Å². The second kappa shape index (κ2) is 9.27. The Hall–Kier alpha value is -1.32. The van der Waals surface area contributed by atoms with E-state index in [0.717, 1.165) is 17.7 Å². The molecule has 1 aliphatic heterocycles. The van der Waals surface area contributed by atoms with Crippen molar-refractivity contribution in [3.63, 3.8) is 0 Å².